The summed E-state index contributed by atoms with van der Waals surface area (Å²) in [5.74, 6) is -0.917. The van der Waals surface area contributed by atoms with Crippen molar-refractivity contribution in [1.29, 1.82) is 0 Å². The zero-order valence-corrected chi connectivity index (χ0v) is 10.8. The van der Waals surface area contributed by atoms with Gasteiger partial charge in [0, 0.05) is 22.3 Å². The number of halogens is 1. The molecule has 0 amide bonds. The topological polar surface area (TPSA) is 50.2 Å². The number of aromatic nitrogens is 1. The van der Waals surface area contributed by atoms with Gasteiger partial charge in [0.05, 0.1) is 5.56 Å². The number of fused-ring (bicyclic) bond motifs is 3. The zero-order valence-electron chi connectivity index (χ0n) is 9.22. The fraction of sp³-hybridized carbons (Fsp3) is 0. The predicted octanol–water partition coefficient (Wildman–Crippen LogP) is 3.20. The van der Waals surface area contributed by atoms with Crippen molar-refractivity contribution in [2.24, 2.45) is 0 Å². The second kappa shape index (κ2) is 5.59. The summed E-state index contributed by atoms with van der Waals surface area (Å²) >= 11 is 3.50. The van der Waals surface area contributed by atoms with Gasteiger partial charge in [-0.1, -0.05) is 22.0 Å². The maximum atomic E-state index is 11.0. The van der Waals surface area contributed by atoms with Gasteiger partial charge >= 0.3 is 35.5 Å². The van der Waals surface area contributed by atoms with Crippen LogP contribution < -0.4 is 0 Å². The van der Waals surface area contributed by atoms with Crippen molar-refractivity contribution < 1.29 is 9.90 Å². The van der Waals surface area contributed by atoms with Gasteiger partial charge in [0.1, 0.15) is 0 Å². The minimum absolute atomic E-state index is 0. The molecule has 0 saturated carbocycles. The molecule has 19 heavy (non-hydrogen) atoms. The average molecular weight is 326 g/mol. The summed E-state index contributed by atoms with van der Waals surface area (Å²) < 4.78 is 0.940. The Morgan fingerprint density at radius 3 is 2.63 bits per heavy atom. The van der Waals surface area contributed by atoms with Crippen molar-refractivity contribution in [2.45, 2.75) is 0 Å². The first-order valence-electron chi connectivity index (χ1n) is 5.36. The first-order chi connectivity index (χ1) is 8.66. The van der Waals surface area contributed by atoms with E-state index in [-0.39, 0.29) is 35.1 Å². The third kappa shape index (κ3) is 2.54. The molecule has 3 nitrogen and oxygen atoms in total. The van der Waals surface area contributed by atoms with E-state index in [1.54, 1.807) is 24.5 Å². The molecule has 5 heteroatoms. The average Bonchev–Trinajstić information content (AvgIpc) is 2.38. The molecule has 0 atom stereocenters. The van der Waals surface area contributed by atoms with Crippen LogP contribution in [0.5, 0.6) is 0 Å². The van der Waals surface area contributed by atoms with Gasteiger partial charge in [-0.3, -0.25) is 4.98 Å². The van der Waals surface area contributed by atoms with Crippen molar-refractivity contribution in [3.8, 4) is 0 Å². The minimum atomic E-state index is -0.917. The molecule has 0 aliphatic heterocycles. The van der Waals surface area contributed by atoms with Crippen LogP contribution in [0.4, 0.5) is 0 Å². The van der Waals surface area contributed by atoms with Gasteiger partial charge in [-0.2, -0.15) is 0 Å². The number of carbonyl (C=O) groups is 1. The molecule has 1 aromatic heterocycles. The van der Waals surface area contributed by atoms with Crippen LogP contribution in [0, 0.1) is 0 Å². The summed E-state index contributed by atoms with van der Waals surface area (Å²) in [6, 6.07) is 8.99. The quantitative estimate of drug-likeness (QED) is 0.552. The predicted molar refractivity (Wildman–Crippen MR) is 81.1 cm³/mol. The Hall–Kier alpha value is -0.940. The molecule has 0 radical (unpaired) electrons. The van der Waals surface area contributed by atoms with E-state index >= 15 is 0 Å². The molecule has 0 spiro atoms. The van der Waals surface area contributed by atoms with Crippen LogP contribution in [0.2, 0.25) is 0 Å². The molecule has 0 unspecified atom stereocenters. The van der Waals surface area contributed by atoms with E-state index < -0.39 is 5.97 Å². The summed E-state index contributed by atoms with van der Waals surface area (Å²) in [5.41, 5.74) is 0.289. The molecular weight excluding hydrogens is 317 g/mol. The van der Waals surface area contributed by atoms with Crippen LogP contribution in [-0.2, 0) is 0 Å². The Kier molecular flexibility index (Phi) is 4.26. The summed E-state index contributed by atoms with van der Waals surface area (Å²) in [4.78, 5) is 15.1. The number of carboxylic acid groups (broad SMARTS) is 1. The van der Waals surface area contributed by atoms with E-state index in [4.69, 9.17) is 5.11 Å². The Morgan fingerprint density at radius 2 is 1.89 bits per heavy atom. The monoisotopic (exact) mass is 325 g/mol. The fourth-order valence-corrected chi connectivity index (χ4v) is 2.68. The van der Waals surface area contributed by atoms with Crippen molar-refractivity contribution in [3.05, 3.63) is 52.8 Å². The van der Waals surface area contributed by atoms with Crippen LogP contribution in [0.1, 0.15) is 10.4 Å². The van der Waals surface area contributed by atoms with Gasteiger partial charge < -0.3 is 5.11 Å². The number of nitrogens with zero attached hydrogens (tertiary/aromatic N) is 1. The van der Waals surface area contributed by atoms with Crippen molar-refractivity contribution in [1.82, 2.24) is 4.98 Å². The molecule has 0 saturated heterocycles. The van der Waals surface area contributed by atoms with Crippen LogP contribution >= 0.6 is 15.9 Å². The van der Waals surface area contributed by atoms with E-state index in [9.17, 15) is 4.79 Å². The number of aromatic carboxylic acids is 1. The normalized spacial score (nSPS) is 10.4. The molecule has 2 aromatic carbocycles. The molecule has 0 aliphatic carbocycles. The van der Waals surface area contributed by atoms with E-state index in [0.29, 0.717) is 0 Å². The molecule has 0 bridgehead atoms. The number of pyridine rings is 1. The van der Waals surface area contributed by atoms with E-state index in [1.807, 2.05) is 18.2 Å². The third-order valence-electron chi connectivity index (χ3n) is 2.95. The fourth-order valence-electron chi connectivity index (χ4n) is 2.09. The molecule has 1 N–H and O–H groups in total. The van der Waals surface area contributed by atoms with E-state index in [0.717, 1.165) is 26.0 Å². The van der Waals surface area contributed by atoms with Gasteiger partial charge in [-0.25, -0.2) is 4.79 Å². The number of hydrogen-bond acceptors (Lipinski definition) is 2. The maximum absolute atomic E-state index is 11.0. The second-order valence-electron chi connectivity index (χ2n) is 4.02. The zero-order chi connectivity index (χ0) is 12.7. The molecule has 0 aliphatic rings. The first-order valence-corrected chi connectivity index (χ1v) is 6.15. The number of carboxylic acids is 1. The Bertz CT molecular complexity index is 789. The number of rotatable bonds is 1. The van der Waals surface area contributed by atoms with Gasteiger partial charge in [0.2, 0.25) is 0 Å². The number of hydrogen-bond donors (Lipinski definition) is 1. The number of benzene rings is 2. The molecular formula is C14H9BrNNaO2. The molecule has 3 rings (SSSR count). The van der Waals surface area contributed by atoms with Gasteiger partial charge in [0.25, 0.3) is 0 Å². The van der Waals surface area contributed by atoms with Crippen molar-refractivity contribution >= 4 is 73.0 Å². The standard InChI is InChI=1S/C14H8BrNO2.Na.H/c15-13-6-9-5-8(14(17)18)1-2-10(9)12-7-16-4-3-11(12)13;;/h1-7H,(H,17,18);;. The molecule has 90 valence electrons. The first kappa shape index (κ1) is 14.5. The van der Waals surface area contributed by atoms with Gasteiger partial charge in [-0.05, 0) is 40.4 Å². The summed E-state index contributed by atoms with van der Waals surface area (Å²) in [7, 11) is 0. The van der Waals surface area contributed by atoms with Crippen LogP contribution in [0.15, 0.2) is 47.2 Å². The van der Waals surface area contributed by atoms with Crippen molar-refractivity contribution in [2.75, 3.05) is 0 Å². The SMILES string of the molecule is O=C(O)c1ccc2c(c1)cc(Br)c1ccncc12.[NaH]. The summed E-state index contributed by atoms with van der Waals surface area (Å²) in [6.07, 6.45) is 3.54. The van der Waals surface area contributed by atoms with Crippen LogP contribution in [0.25, 0.3) is 21.5 Å². The van der Waals surface area contributed by atoms with E-state index in [2.05, 4.69) is 20.9 Å². The van der Waals surface area contributed by atoms with Gasteiger partial charge in [0.15, 0.2) is 0 Å². The van der Waals surface area contributed by atoms with E-state index in [1.165, 1.54) is 0 Å². The molecule has 1 heterocycles. The van der Waals surface area contributed by atoms with Crippen LogP contribution in [0.3, 0.4) is 0 Å². The summed E-state index contributed by atoms with van der Waals surface area (Å²) in [5, 5.41) is 13.0. The molecule has 3 aromatic rings. The van der Waals surface area contributed by atoms with Gasteiger partial charge in [-0.15, -0.1) is 0 Å². The summed E-state index contributed by atoms with van der Waals surface area (Å²) in [6.45, 7) is 0. The van der Waals surface area contributed by atoms with Crippen LogP contribution in [-0.4, -0.2) is 45.6 Å². The Balaban J connectivity index is 0.00000133. The molecule has 0 fully saturated rings. The second-order valence-corrected chi connectivity index (χ2v) is 4.88. The van der Waals surface area contributed by atoms with Crippen molar-refractivity contribution in [3.63, 3.8) is 0 Å². The third-order valence-corrected chi connectivity index (χ3v) is 3.61. The Morgan fingerprint density at radius 1 is 1.11 bits per heavy atom. The Labute approximate surface area is 140 Å².